The van der Waals surface area contributed by atoms with Crippen LogP contribution in [0, 0.1) is 16.7 Å². The van der Waals surface area contributed by atoms with Crippen molar-refractivity contribution in [3.05, 3.63) is 101 Å². The fourth-order valence-corrected chi connectivity index (χ4v) is 3.09. The highest BCUT2D eigenvalue weighted by Crippen LogP contribution is 2.31. The van der Waals surface area contributed by atoms with E-state index in [1.165, 1.54) is 18.1 Å². The van der Waals surface area contributed by atoms with Gasteiger partial charge >= 0.3 is 0 Å². The number of rotatable bonds is 5. The molecule has 0 radical (unpaired) electrons. The molecule has 2 aromatic carbocycles. The fourth-order valence-electron chi connectivity index (χ4n) is 3.09. The van der Waals surface area contributed by atoms with E-state index in [2.05, 4.69) is 23.5 Å². The molecule has 1 amide bonds. The number of nitrogens with one attached hydrogen (secondary N) is 1. The number of furan rings is 1. The lowest BCUT2D eigenvalue weighted by Gasteiger charge is -2.25. The third-order valence-electron chi connectivity index (χ3n) is 4.63. The van der Waals surface area contributed by atoms with Crippen LogP contribution >= 0.6 is 0 Å². The maximum atomic E-state index is 12.6. The first-order chi connectivity index (χ1) is 13.9. The van der Waals surface area contributed by atoms with Crippen molar-refractivity contribution in [3.8, 4) is 6.07 Å². The summed E-state index contributed by atoms with van der Waals surface area (Å²) in [6.07, 6.45) is 3.67. The van der Waals surface area contributed by atoms with Crippen LogP contribution in [0.25, 0.3) is 5.57 Å². The van der Waals surface area contributed by atoms with Crippen LogP contribution in [0.1, 0.15) is 47.8 Å². The normalized spacial score (nSPS) is 12.1. The highest BCUT2D eigenvalue weighted by Gasteiger charge is 2.25. The predicted octanol–water partition coefficient (Wildman–Crippen LogP) is 5.58. The van der Waals surface area contributed by atoms with E-state index in [-0.39, 0.29) is 5.91 Å². The van der Waals surface area contributed by atoms with Gasteiger partial charge in [-0.25, -0.2) is 0 Å². The molecule has 0 atom stereocenters. The third kappa shape index (κ3) is 5.03. The van der Waals surface area contributed by atoms with E-state index in [0.717, 1.165) is 17.5 Å². The molecule has 0 spiro atoms. The van der Waals surface area contributed by atoms with Crippen LogP contribution in [0.4, 0.5) is 0 Å². The van der Waals surface area contributed by atoms with Crippen molar-refractivity contribution < 1.29 is 9.21 Å². The molecule has 0 saturated heterocycles. The van der Waals surface area contributed by atoms with Crippen molar-refractivity contribution >= 4 is 11.5 Å². The Kier molecular flexibility index (Phi) is 5.99. The molecule has 29 heavy (non-hydrogen) atoms. The van der Waals surface area contributed by atoms with Gasteiger partial charge < -0.3 is 9.73 Å². The summed E-state index contributed by atoms with van der Waals surface area (Å²) in [7, 11) is 0. The van der Waals surface area contributed by atoms with E-state index in [1.54, 1.807) is 6.07 Å². The lowest BCUT2D eigenvalue weighted by molar-refractivity contribution is 0.0957. The van der Waals surface area contributed by atoms with Crippen molar-refractivity contribution in [1.29, 1.82) is 5.26 Å². The summed E-state index contributed by atoms with van der Waals surface area (Å²) < 4.78 is 4.99. The van der Waals surface area contributed by atoms with E-state index >= 15 is 0 Å². The zero-order valence-electron chi connectivity index (χ0n) is 16.9. The van der Waals surface area contributed by atoms with Gasteiger partial charge in [-0.15, -0.1) is 0 Å². The number of benzene rings is 2. The van der Waals surface area contributed by atoms with Gasteiger partial charge in [0.05, 0.1) is 17.4 Å². The molecule has 0 saturated carbocycles. The van der Waals surface area contributed by atoms with Crippen LogP contribution in [0.3, 0.4) is 0 Å². The summed E-state index contributed by atoms with van der Waals surface area (Å²) in [5.41, 5.74) is 4.22. The number of nitriles is 1. The maximum absolute atomic E-state index is 12.6. The van der Waals surface area contributed by atoms with E-state index < -0.39 is 5.41 Å². The zero-order chi connectivity index (χ0) is 20.9. The standard InChI is InChI=1S/C25H24N2O2/c1-25(2,3)23(27-24(28)21-13-14-29-17-21)22(16-26)20-11-9-19(10-12-20)15-18-7-5-4-6-8-18/h4-14,17H,15H2,1-3H3,(H,27,28). The zero-order valence-corrected chi connectivity index (χ0v) is 16.9. The van der Waals surface area contributed by atoms with E-state index in [1.807, 2.05) is 63.2 Å². The van der Waals surface area contributed by atoms with Crippen LogP contribution in [-0.4, -0.2) is 5.91 Å². The summed E-state index contributed by atoms with van der Waals surface area (Å²) in [4.78, 5) is 12.6. The van der Waals surface area contributed by atoms with Crippen molar-refractivity contribution in [2.75, 3.05) is 0 Å². The first kappa shape index (κ1) is 20.2. The first-order valence-corrected chi connectivity index (χ1v) is 9.50. The molecule has 3 rings (SSSR count). The second kappa shape index (κ2) is 8.62. The topological polar surface area (TPSA) is 66.0 Å². The van der Waals surface area contributed by atoms with Crippen LogP contribution in [0.2, 0.25) is 0 Å². The average molecular weight is 384 g/mol. The largest absolute Gasteiger partial charge is 0.472 e. The molecule has 0 fully saturated rings. The number of amides is 1. The van der Waals surface area contributed by atoms with Crippen LogP contribution in [0.5, 0.6) is 0 Å². The van der Waals surface area contributed by atoms with E-state index in [0.29, 0.717) is 16.8 Å². The summed E-state index contributed by atoms with van der Waals surface area (Å²) in [6, 6.07) is 22.1. The van der Waals surface area contributed by atoms with Gasteiger partial charge in [0.25, 0.3) is 5.91 Å². The van der Waals surface area contributed by atoms with Gasteiger partial charge in [-0.3, -0.25) is 4.79 Å². The fraction of sp³-hybridized carbons (Fsp3) is 0.200. The molecule has 1 heterocycles. The number of hydrogen-bond donors (Lipinski definition) is 1. The molecular formula is C25H24N2O2. The van der Waals surface area contributed by atoms with Crippen LogP contribution < -0.4 is 5.32 Å². The minimum absolute atomic E-state index is 0.294. The van der Waals surface area contributed by atoms with Gasteiger partial charge in [-0.2, -0.15) is 5.26 Å². The Labute approximate surface area is 171 Å². The average Bonchev–Trinajstić information content (AvgIpc) is 3.24. The van der Waals surface area contributed by atoms with E-state index in [4.69, 9.17) is 4.42 Å². The molecule has 146 valence electrons. The highest BCUT2D eigenvalue weighted by molar-refractivity contribution is 5.96. The van der Waals surface area contributed by atoms with Gasteiger partial charge in [0.15, 0.2) is 0 Å². The van der Waals surface area contributed by atoms with Gasteiger partial charge in [-0.1, -0.05) is 75.4 Å². The van der Waals surface area contributed by atoms with Crippen molar-refractivity contribution in [3.63, 3.8) is 0 Å². The summed E-state index contributed by atoms with van der Waals surface area (Å²) >= 11 is 0. The molecule has 4 nitrogen and oxygen atoms in total. The highest BCUT2D eigenvalue weighted by atomic mass is 16.3. The molecule has 1 aromatic heterocycles. The minimum Gasteiger partial charge on any atom is -0.472 e. The quantitative estimate of drug-likeness (QED) is 0.584. The molecule has 3 aromatic rings. The minimum atomic E-state index is -0.423. The molecule has 0 bridgehead atoms. The Hall–Kier alpha value is -3.58. The first-order valence-electron chi connectivity index (χ1n) is 9.50. The lowest BCUT2D eigenvalue weighted by atomic mass is 9.86. The summed E-state index contributed by atoms with van der Waals surface area (Å²) in [5.74, 6) is -0.294. The Morgan fingerprint density at radius 2 is 1.62 bits per heavy atom. The lowest BCUT2D eigenvalue weighted by Crippen LogP contribution is -2.31. The van der Waals surface area contributed by atoms with E-state index in [9.17, 15) is 10.1 Å². The summed E-state index contributed by atoms with van der Waals surface area (Å²) in [6.45, 7) is 5.91. The predicted molar refractivity (Wildman–Crippen MR) is 114 cm³/mol. The SMILES string of the molecule is CC(C)(C)C(NC(=O)c1ccoc1)=C(C#N)c1ccc(Cc2ccccc2)cc1. The smallest absolute Gasteiger partial charge is 0.258 e. The molecule has 0 aliphatic carbocycles. The van der Waals surface area contributed by atoms with Crippen LogP contribution in [-0.2, 0) is 6.42 Å². The molecule has 0 aliphatic rings. The molecule has 4 heteroatoms. The number of hydrogen-bond acceptors (Lipinski definition) is 3. The third-order valence-corrected chi connectivity index (χ3v) is 4.63. The molecule has 1 N–H and O–H groups in total. The second-order valence-corrected chi connectivity index (χ2v) is 7.94. The number of carbonyl (C=O) groups excluding carboxylic acids is 1. The number of nitrogens with zero attached hydrogens (tertiary/aromatic N) is 1. The monoisotopic (exact) mass is 384 g/mol. The second-order valence-electron chi connectivity index (χ2n) is 7.94. The molecular weight excluding hydrogens is 360 g/mol. The summed E-state index contributed by atoms with van der Waals surface area (Å²) in [5, 5.41) is 12.8. The van der Waals surface area contributed by atoms with Crippen LogP contribution in [0.15, 0.2) is 83.3 Å². The Morgan fingerprint density at radius 1 is 0.966 bits per heavy atom. The van der Waals surface area contributed by atoms with Gasteiger partial charge in [0.2, 0.25) is 0 Å². The van der Waals surface area contributed by atoms with Crippen molar-refractivity contribution in [2.45, 2.75) is 27.2 Å². The number of carbonyl (C=O) groups is 1. The molecule has 0 unspecified atom stereocenters. The maximum Gasteiger partial charge on any atom is 0.258 e. The van der Waals surface area contributed by atoms with Gasteiger partial charge in [-0.05, 0) is 29.2 Å². The Morgan fingerprint density at radius 3 is 2.17 bits per heavy atom. The van der Waals surface area contributed by atoms with Crippen molar-refractivity contribution in [1.82, 2.24) is 5.32 Å². The van der Waals surface area contributed by atoms with Gasteiger partial charge in [0, 0.05) is 11.1 Å². The number of allylic oxidation sites excluding steroid dienone is 2. The van der Waals surface area contributed by atoms with Crippen molar-refractivity contribution in [2.24, 2.45) is 5.41 Å². The van der Waals surface area contributed by atoms with Gasteiger partial charge in [0.1, 0.15) is 12.3 Å². The molecule has 0 aliphatic heterocycles. The Balaban J connectivity index is 1.91. The Bertz CT molecular complexity index is 1030.